The Hall–Kier alpha value is -0.890. The number of rotatable bonds is 2. The van der Waals surface area contributed by atoms with Crippen LogP contribution in [0.3, 0.4) is 0 Å². The van der Waals surface area contributed by atoms with E-state index in [1.165, 1.54) is 19.3 Å². The number of hydrogen-bond donors (Lipinski definition) is 2. The molecule has 0 radical (unpaired) electrons. The van der Waals surface area contributed by atoms with Crippen LogP contribution in [0.2, 0.25) is 5.02 Å². The van der Waals surface area contributed by atoms with Gasteiger partial charge in [0.05, 0.1) is 10.7 Å². The highest BCUT2D eigenvalue weighted by Crippen LogP contribution is 2.33. The van der Waals surface area contributed by atoms with Crippen LogP contribution in [0.15, 0.2) is 18.2 Å². The van der Waals surface area contributed by atoms with Crippen molar-refractivity contribution < 1.29 is 0 Å². The minimum Gasteiger partial charge on any atom is -0.399 e. The molecule has 1 aliphatic rings. The maximum atomic E-state index is 6.18. The van der Waals surface area contributed by atoms with Gasteiger partial charge in [-0.25, -0.2) is 0 Å². The molecule has 0 heterocycles. The first-order valence-corrected chi connectivity index (χ1v) is 6.75. The van der Waals surface area contributed by atoms with Gasteiger partial charge in [-0.3, -0.25) is 0 Å². The van der Waals surface area contributed by atoms with Gasteiger partial charge in [-0.1, -0.05) is 25.4 Å². The molecule has 2 rings (SSSR count). The van der Waals surface area contributed by atoms with Crippen molar-refractivity contribution in [2.24, 2.45) is 11.8 Å². The highest BCUT2D eigenvalue weighted by Gasteiger charge is 2.25. The normalized spacial score (nSPS) is 29.0. The predicted octanol–water partition coefficient (Wildman–Crippen LogP) is 4.16. The number of nitrogens with two attached hydrogens (primary N) is 1. The number of hydrogen-bond acceptors (Lipinski definition) is 2. The third kappa shape index (κ3) is 3.06. The highest BCUT2D eigenvalue weighted by molar-refractivity contribution is 6.33. The molecular formula is C14H21ClN2. The van der Waals surface area contributed by atoms with E-state index >= 15 is 0 Å². The van der Waals surface area contributed by atoms with Gasteiger partial charge in [0.25, 0.3) is 0 Å². The lowest BCUT2D eigenvalue weighted by molar-refractivity contribution is 0.276. The molecule has 0 aliphatic heterocycles. The number of nitrogen functional groups attached to an aromatic ring is 1. The maximum Gasteiger partial charge on any atom is 0.0658 e. The summed E-state index contributed by atoms with van der Waals surface area (Å²) < 4.78 is 0. The summed E-state index contributed by atoms with van der Waals surface area (Å²) in [6.07, 6.45) is 3.82. The molecule has 1 aromatic carbocycles. The predicted molar refractivity (Wildman–Crippen MR) is 75.5 cm³/mol. The van der Waals surface area contributed by atoms with Gasteiger partial charge in [0, 0.05) is 11.7 Å². The van der Waals surface area contributed by atoms with E-state index in [0.717, 1.165) is 16.6 Å². The number of benzene rings is 1. The van der Waals surface area contributed by atoms with E-state index in [4.69, 9.17) is 17.3 Å². The summed E-state index contributed by atoms with van der Waals surface area (Å²) in [6.45, 7) is 4.65. The Balaban J connectivity index is 2.05. The molecule has 1 aromatic rings. The Morgan fingerprint density at radius 2 is 2.06 bits per heavy atom. The number of halogens is 1. The van der Waals surface area contributed by atoms with Crippen LogP contribution < -0.4 is 11.1 Å². The molecule has 3 heteroatoms. The fourth-order valence-electron chi connectivity index (χ4n) is 2.73. The number of anilines is 2. The molecule has 0 bridgehead atoms. The van der Waals surface area contributed by atoms with Crippen LogP contribution in [-0.2, 0) is 0 Å². The van der Waals surface area contributed by atoms with Crippen molar-refractivity contribution in [1.82, 2.24) is 0 Å². The van der Waals surface area contributed by atoms with Gasteiger partial charge in [-0.2, -0.15) is 0 Å². The molecule has 2 nitrogen and oxygen atoms in total. The smallest absolute Gasteiger partial charge is 0.0658 e. The van der Waals surface area contributed by atoms with Gasteiger partial charge in [0.2, 0.25) is 0 Å². The van der Waals surface area contributed by atoms with Crippen molar-refractivity contribution in [2.45, 2.75) is 39.2 Å². The van der Waals surface area contributed by atoms with Gasteiger partial charge < -0.3 is 11.1 Å². The van der Waals surface area contributed by atoms with Gasteiger partial charge >= 0.3 is 0 Å². The second kappa shape index (κ2) is 5.18. The fraction of sp³-hybridized carbons (Fsp3) is 0.571. The van der Waals surface area contributed by atoms with Crippen LogP contribution in [0, 0.1) is 11.8 Å². The second-order valence-electron chi connectivity index (χ2n) is 5.39. The van der Waals surface area contributed by atoms with E-state index in [1.54, 1.807) is 6.07 Å². The van der Waals surface area contributed by atoms with E-state index in [-0.39, 0.29) is 0 Å². The molecule has 1 fully saturated rings. The molecule has 3 N–H and O–H groups in total. The van der Waals surface area contributed by atoms with E-state index in [2.05, 4.69) is 19.2 Å². The Bertz CT molecular complexity index is 392. The van der Waals surface area contributed by atoms with Crippen LogP contribution in [0.1, 0.15) is 33.1 Å². The zero-order chi connectivity index (χ0) is 12.4. The summed E-state index contributed by atoms with van der Waals surface area (Å²) >= 11 is 6.18. The van der Waals surface area contributed by atoms with Gasteiger partial charge in [0.15, 0.2) is 0 Å². The van der Waals surface area contributed by atoms with Crippen molar-refractivity contribution in [3.63, 3.8) is 0 Å². The SMILES string of the molecule is CC1CCC(Nc2ccc(N)cc2Cl)C(C)C1. The van der Waals surface area contributed by atoms with Crippen LogP contribution in [-0.4, -0.2) is 6.04 Å². The zero-order valence-electron chi connectivity index (χ0n) is 10.5. The molecule has 0 saturated heterocycles. The minimum absolute atomic E-state index is 0.535. The van der Waals surface area contributed by atoms with Crippen LogP contribution in [0.4, 0.5) is 11.4 Å². The van der Waals surface area contributed by atoms with Crippen LogP contribution in [0.25, 0.3) is 0 Å². The first-order chi connectivity index (χ1) is 8.06. The lowest BCUT2D eigenvalue weighted by Crippen LogP contribution is -2.33. The molecule has 3 unspecified atom stereocenters. The summed E-state index contributed by atoms with van der Waals surface area (Å²) in [6, 6.07) is 6.21. The average Bonchev–Trinajstić information content (AvgIpc) is 2.25. The Labute approximate surface area is 109 Å². The molecular weight excluding hydrogens is 232 g/mol. The zero-order valence-corrected chi connectivity index (χ0v) is 11.3. The summed E-state index contributed by atoms with van der Waals surface area (Å²) in [7, 11) is 0. The average molecular weight is 253 g/mol. The molecule has 0 amide bonds. The van der Waals surface area contributed by atoms with Crippen LogP contribution in [0.5, 0.6) is 0 Å². The van der Waals surface area contributed by atoms with Crippen molar-refractivity contribution in [1.29, 1.82) is 0 Å². The fourth-order valence-corrected chi connectivity index (χ4v) is 2.97. The van der Waals surface area contributed by atoms with Crippen molar-refractivity contribution in [3.8, 4) is 0 Å². The Morgan fingerprint density at radius 1 is 1.29 bits per heavy atom. The molecule has 17 heavy (non-hydrogen) atoms. The molecule has 94 valence electrons. The van der Waals surface area contributed by atoms with E-state index in [1.807, 2.05) is 12.1 Å². The monoisotopic (exact) mass is 252 g/mol. The first kappa shape index (κ1) is 12.6. The van der Waals surface area contributed by atoms with Crippen molar-refractivity contribution in [3.05, 3.63) is 23.2 Å². The quantitative estimate of drug-likeness (QED) is 0.776. The summed E-state index contributed by atoms with van der Waals surface area (Å²) in [5.41, 5.74) is 7.41. The minimum atomic E-state index is 0.535. The van der Waals surface area contributed by atoms with Crippen molar-refractivity contribution in [2.75, 3.05) is 11.1 Å². The standard InChI is InChI=1S/C14H21ClN2/c1-9-3-5-13(10(2)7-9)17-14-6-4-11(16)8-12(14)15/h4,6,8-10,13,17H,3,5,7,16H2,1-2H3. The van der Waals surface area contributed by atoms with Crippen LogP contribution >= 0.6 is 11.6 Å². The van der Waals surface area contributed by atoms with Gasteiger partial charge in [-0.05, 0) is 49.3 Å². The van der Waals surface area contributed by atoms with E-state index in [0.29, 0.717) is 17.6 Å². The third-order valence-corrected chi connectivity index (χ3v) is 4.08. The summed E-state index contributed by atoms with van der Waals surface area (Å²) in [5.74, 6) is 1.55. The lowest BCUT2D eigenvalue weighted by atomic mass is 9.80. The molecule has 1 saturated carbocycles. The Morgan fingerprint density at radius 3 is 2.71 bits per heavy atom. The summed E-state index contributed by atoms with van der Waals surface area (Å²) in [4.78, 5) is 0. The van der Waals surface area contributed by atoms with Gasteiger partial charge in [-0.15, -0.1) is 0 Å². The lowest BCUT2D eigenvalue weighted by Gasteiger charge is -2.34. The van der Waals surface area contributed by atoms with Crippen molar-refractivity contribution >= 4 is 23.0 Å². The molecule has 0 aromatic heterocycles. The van der Waals surface area contributed by atoms with E-state index in [9.17, 15) is 0 Å². The highest BCUT2D eigenvalue weighted by atomic mass is 35.5. The maximum absolute atomic E-state index is 6.18. The topological polar surface area (TPSA) is 38.0 Å². The summed E-state index contributed by atoms with van der Waals surface area (Å²) in [5, 5.41) is 4.28. The number of nitrogens with one attached hydrogen (secondary N) is 1. The Kier molecular flexibility index (Phi) is 3.82. The second-order valence-corrected chi connectivity index (χ2v) is 5.79. The van der Waals surface area contributed by atoms with E-state index < -0.39 is 0 Å². The first-order valence-electron chi connectivity index (χ1n) is 6.38. The largest absolute Gasteiger partial charge is 0.399 e. The molecule has 0 spiro atoms. The third-order valence-electron chi connectivity index (χ3n) is 3.77. The molecule has 3 atom stereocenters. The molecule has 1 aliphatic carbocycles. The van der Waals surface area contributed by atoms with Gasteiger partial charge in [0.1, 0.15) is 0 Å².